The van der Waals surface area contributed by atoms with E-state index in [-0.39, 0.29) is 6.10 Å². The Hall–Kier alpha value is -0.520. The monoisotopic (exact) mass is 259 g/mol. The van der Waals surface area contributed by atoms with Crippen molar-refractivity contribution in [3.63, 3.8) is 0 Å². The van der Waals surface area contributed by atoms with Crippen molar-refractivity contribution >= 4 is 29.2 Å². The fraction of sp³-hybridized carbons (Fsp3) is 0.600. The van der Waals surface area contributed by atoms with Gasteiger partial charge in [-0.25, -0.2) is 9.97 Å². The number of thioether (sulfide) groups is 1. The van der Waals surface area contributed by atoms with E-state index in [2.05, 4.69) is 14.9 Å². The predicted molar refractivity (Wildman–Crippen MR) is 66.3 cm³/mol. The van der Waals surface area contributed by atoms with Crippen molar-refractivity contribution in [2.24, 2.45) is 0 Å². The molecule has 1 N–H and O–H groups in total. The zero-order valence-corrected chi connectivity index (χ0v) is 10.6. The summed E-state index contributed by atoms with van der Waals surface area (Å²) in [7, 11) is 0. The van der Waals surface area contributed by atoms with Gasteiger partial charge in [0.1, 0.15) is 11.0 Å². The molecule has 2 rings (SSSR count). The summed E-state index contributed by atoms with van der Waals surface area (Å²) in [6.45, 7) is 1.54. The van der Waals surface area contributed by atoms with Gasteiger partial charge in [-0.2, -0.15) is 0 Å². The number of aromatic nitrogens is 2. The first-order valence-electron chi connectivity index (χ1n) is 5.20. The molecule has 1 fully saturated rings. The minimum Gasteiger partial charge on any atom is -0.391 e. The number of hydrogen-bond acceptors (Lipinski definition) is 5. The topological polar surface area (TPSA) is 49.2 Å². The number of piperidine rings is 1. The summed E-state index contributed by atoms with van der Waals surface area (Å²) in [4.78, 5) is 10.5. The van der Waals surface area contributed by atoms with Gasteiger partial charge >= 0.3 is 0 Å². The van der Waals surface area contributed by atoms with Crippen LogP contribution in [0.2, 0.25) is 5.15 Å². The Kier molecular flexibility index (Phi) is 3.89. The molecule has 4 nitrogen and oxygen atoms in total. The van der Waals surface area contributed by atoms with E-state index in [4.69, 9.17) is 11.6 Å². The molecule has 16 heavy (non-hydrogen) atoms. The molecule has 0 bridgehead atoms. The minimum atomic E-state index is -0.264. The molecule has 1 aliphatic rings. The van der Waals surface area contributed by atoms with Gasteiger partial charge in [-0.3, -0.25) is 0 Å². The largest absolute Gasteiger partial charge is 0.391 e. The van der Waals surface area contributed by atoms with Crippen LogP contribution in [0.5, 0.6) is 0 Å². The lowest BCUT2D eigenvalue weighted by Gasteiger charge is -2.31. The second-order valence-electron chi connectivity index (χ2n) is 3.78. The van der Waals surface area contributed by atoms with Crippen LogP contribution >= 0.6 is 23.4 Å². The van der Waals surface area contributed by atoms with Crippen LogP contribution in [0.3, 0.4) is 0 Å². The molecule has 2 heterocycles. The average molecular weight is 260 g/mol. The first-order chi connectivity index (χ1) is 7.69. The molecule has 1 atom stereocenters. The number of aliphatic hydroxyl groups excluding tert-OH is 1. The molecule has 6 heteroatoms. The second kappa shape index (κ2) is 5.21. The first kappa shape index (κ1) is 12.0. The highest BCUT2D eigenvalue weighted by Crippen LogP contribution is 2.23. The van der Waals surface area contributed by atoms with E-state index < -0.39 is 0 Å². The van der Waals surface area contributed by atoms with Crippen molar-refractivity contribution < 1.29 is 5.11 Å². The highest BCUT2D eigenvalue weighted by Gasteiger charge is 2.19. The molecule has 0 aliphatic carbocycles. The molecule has 88 valence electrons. The number of anilines is 1. The summed E-state index contributed by atoms with van der Waals surface area (Å²) in [6.07, 6.45) is 3.50. The second-order valence-corrected chi connectivity index (χ2v) is 4.94. The van der Waals surface area contributed by atoms with Crippen LogP contribution in [0.15, 0.2) is 11.2 Å². The van der Waals surface area contributed by atoms with Crippen molar-refractivity contribution in [2.75, 3.05) is 24.2 Å². The zero-order valence-electron chi connectivity index (χ0n) is 9.06. The Morgan fingerprint density at radius 2 is 2.38 bits per heavy atom. The van der Waals surface area contributed by atoms with E-state index in [1.165, 1.54) is 11.8 Å². The summed E-state index contributed by atoms with van der Waals surface area (Å²) in [5.74, 6) is 0.808. The van der Waals surface area contributed by atoms with Gasteiger partial charge in [0.05, 0.1) is 6.10 Å². The van der Waals surface area contributed by atoms with Gasteiger partial charge in [-0.05, 0) is 19.1 Å². The van der Waals surface area contributed by atoms with E-state index >= 15 is 0 Å². The molecule has 0 radical (unpaired) electrons. The molecule has 1 aromatic rings. The number of aliphatic hydroxyl groups is 1. The third-order valence-corrected chi connectivity index (χ3v) is 3.31. The van der Waals surface area contributed by atoms with Crippen LogP contribution in [-0.4, -0.2) is 40.5 Å². The van der Waals surface area contributed by atoms with Crippen LogP contribution < -0.4 is 4.90 Å². The lowest BCUT2D eigenvalue weighted by atomic mass is 10.1. The highest BCUT2D eigenvalue weighted by molar-refractivity contribution is 7.98. The van der Waals surface area contributed by atoms with E-state index in [0.717, 1.165) is 25.2 Å². The Morgan fingerprint density at radius 1 is 1.56 bits per heavy atom. The summed E-state index contributed by atoms with van der Waals surface area (Å²) < 4.78 is 0. The molecule has 0 amide bonds. The summed E-state index contributed by atoms with van der Waals surface area (Å²) in [5.41, 5.74) is 0. The lowest BCUT2D eigenvalue weighted by molar-refractivity contribution is 0.154. The predicted octanol–water partition coefficient (Wildman–Crippen LogP) is 1.81. The van der Waals surface area contributed by atoms with Gasteiger partial charge in [-0.1, -0.05) is 23.4 Å². The summed E-state index contributed by atoms with van der Waals surface area (Å²) in [5, 5.41) is 10.7. The van der Waals surface area contributed by atoms with Crippen LogP contribution in [0.25, 0.3) is 0 Å². The van der Waals surface area contributed by atoms with Crippen molar-refractivity contribution in [1.82, 2.24) is 9.97 Å². The Bertz CT molecular complexity index is 377. The van der Waals surface area contributed by atoms with Gasteiger partial charge in [0.2, 0.25) is 0 Å². The van der Waals surface area contributed by atoms with Gasteiger partial charge in [0.25, 0.3) is 0 Å². The Labute approximate surface area is 104 Å². The molecular formula is C10H14ClN3OS. The van der Waals surface area contributed by atoms with Crippen LogP contribution in [0, 0.1) is 0 Å². The van der Waals surface area contributed by atoms with E-state index in [0.29, 0.717) is 16.9 Å². The third kappa shape index (κ3) is 2.78. The average Bonchev–Trinajstić information content (AvgIpc) is 2.28. The number of halogens is 1. The fourth-order valence-electron chi connectivity index (χ4n) is 1.80. The van der Waals surface area contributed by atoms with E-state index in [1.807, 2.05) is 6.26 Å². The maximum Gasteiger partial charge on any atom is 0.190 e. The van der Waals surface area contributed by atoms with Crippen LogP contribution in [0.4, 0.5) is 5.82 Å². The van der Waals surface area contributed by atoms with E-state index in [1.54, 1.807) is 6.07 Å². The number of nitrogens with zero attached hydrogens (tertiary/aromatic N) is 3. The molecule has 0 saturated carbocycles. The molecule has 0 unspecified atom stereocenters. The van der Waals surface area contributed by atoms with E-state index in [9.17, 15) is 5.11 Å². The first-order valence-corrected chi connectivity index (χ1v) is 6.81. The Morgan fingerprint density at radius 3 is 3.06 bits per heavy atom. The lowest BCUT2D eigenvalue weighted by Crippen LogP contribution is -2.38. The number of hydrogen-bond donors (Lipinski definition) is 1. The normalized spacial score (nSPS) is 21.2. The van der Waals surface area contributed by atoms with Crippen molar-refractivity contribution in [3.8, 4) is 0 Å². The van der Waals surface area contributed by atoms with Crippen LogP contribution in [0.1, 0.15) is 12.8 Å². The molecule has 1 saturated heterocycles. The molecule has 1 aliphatic heterocycles. The highest BCUT2D eigenvalue weighted by atomic mass is 35.5. The van der Waals surface area contributed by atoms with Gasteiger partial charge < -0.3 is 10.0 Å². The minimum absolute atomic E-state index is 0.264. The fourth-order valence-corrected chi connectivity index (χ4v) is 2.40. The standard InChI is InChI=1S/C10H14ClN3OS/c1-16-10-12-8(11)5-9(13-10)14-4-2-3-7(15)6-14/h5,7,15H,2-4,6H2,1H3/t7-/m0/s1. The molecule has 0 aromatic carbocycles. The van der Waals surface area contributed by atoms with Gasteiger partial charge in [0, 0.05) is 19.2 Å². The van der Waals surface area contributed by atoms with Gasteiger partial charge in [0.15, 0.2) is 5.16 Å². The number of β-amino-alcohol motifs (C(OH)–C–C–N with tert-alkyl or cyclic N) is 1. The van der Waals surface area contributed by atoms with Crippen molar-refractivity contribution in [3.05, 3.63) is 11.2 Å². The SMILES string of the molecule is CSc1nc(Cl)cc(N2CCC[C@H](O)C2)n1. The quantitative estimate of drug-likeness (QED) is 0.499. The maximum absolute atomic E-state index is 9.61. The maximum atomic E-state index is 9.61. The molecule has 1 aromatic heterocycles. The van der Waals surface area contributed by atoms with Crippen molar-refractivity contribution in [1.29, 1.82) is 0 Å². The third-order valence-electron chi connectivity index (χ3n) is 2.56. The summed E-state index contributed by atoms with van der Waals surface area (Å²) in [6, 6.07) is 1.75. The summed E-state index contributed by atoms with van der Waals surface area (Å²) >= 11 is 7.40. The zero-order chi connectivity index (χ0) is 11.5. The van der Waals surface area contributed by atoms with Crippen LogP contribution in [-0.2, 0) is 0 Å². The molecule has 0 spiro atoms. The van der Waals surface area contributed by atoms with Gasteiger partial charge in [-0.15, -0.1) is 0 Å². The van der Waals surface area contributed by atoms with Crippen molar-refractivity contribution in [2.45, 2.75) is 24.1 Å². The Balaban J connectivity index is 2.21. The smallest absolute Gasteiger partial charge is 0.190 e. The molecular weight excluding hydrogens is 246 g/mol. The number of rotatable bonds is 2.